The number of carbonyl (C=O) groups is 1. The van der Waals surface area contributed by atoms with E-state index in [-0.39, 0.29) is 12.0 Å². The number of rotatable bonds is 5. The minimum Gasteiger partial charge on any atom is -0.493 e. The van der Waals surface area contributed by atoms with Gasteiger partial charge in [0.25, 0.3) is 0 Å². The lowest BCUT2D eigenvalue weighted by Gasteiger charge is -2.10. The summed E-state index contributed by atoms with van der Waals surface area (Å²) in [5, 5.41) is 5.10. The monoisotopic (exact) mass is 330 g/mol. The van der Waals surface area contributed by atoms with Crippen molar-refractivity contribution in [2.45, 2.75) is 26.4 Å². The van der Waals surface area contributed by atoms with E-state index in [1.807, 2.05) is 31.4 Å². The lowest BCUT2D eigenvalue weighted by molar-refractivity contribution is -0.111. The highest BCUT2D eigenvalue weighted by Crippen LogP contribution is 2.35. The second-order valence-electron chi connectivity index (χ2n) is 5.22. The molecule has 0 saturated heterocycles. The zero-order valence-corrected chi connectivity index (χ0v) is 13.9. The lowest BCUT2D eigenvalue weighted by atomic mass is 10.1. The van der Waals surface area contributed by atoms with Gasteiger partial charge in [-0.2, -0.15) is 0 Å². The number of ether oxygens (including phenoxy) is 2. The van der Waals surface area contributed by atoms with Crippen LogP contribution in [0.15, 0.2) is 29.8 Å². The number of benzene rings is 1. The van der Waals surface area contributed by atoms with Gasteiger partial charge in [0.05, 0.1) is 6.61 Å². The Balaban J connectivity index is 1.79. The molecule has 1 aromatic heterocycles. The standard InChI is InChI=1S/C17H18N2O3S/c1-3-21-14-10-13-8-11(2)22-15(13)9-12(14)4-5-16(20)19-17-18-6-7-23-17/h4-7,9-11H,3,8H2,1-2H3,(H,18,19,20)/b5-4+/t11-/m0/s1. The Hall–Kier alpha value is -2.34. The second-order valence-corrected chi connectivity index (χ2v) is 6.12. The van der Waals surface area contributed by atoms with Gasteiger partial charge in [-0.15, -0.1) is 11.3 Å². The van der Waals surface area contributed by atoms with E-state index in [4.69, 9.17) is 9.47 Å². The van der Waals surface area contributed by atoms with Crippen LogP contribution in [0.1, 0.15) is 25.0 Å². The average Bonchev–Trinajstić information content (AvgIpc) is 3.13. The third-order valence-corrected chi connectivity index (χ3v) is 4.09. The third kappa shape index (κ3) is 3.71. The minimum absolute atomic E-state index is 0.173. The largest absolute Gasteiger partial charge is 0.493 e. The number of thiazole rings is 1. The van der Waals surface area contributed by atoms with E-state index in [0.29, 0.717) is 11.7 Å². The zero-order chi connectivity index (χ0) is 16.2. The number of amides is 1. The first-order chi connectivity index (χ1) is 11.2. The Kier molecular flexibility index (Phi) is 4.62. The van der Waals surface area contributed by atoms with Gasteiger partial charge in [0.1, 0.15) is 17.6 Å². The van der Waals surface area contributed by atoms with Crippen molar-refractivity contribution in [2.75, 3.05) is 11.9 Å². The van der Waals surface area contributed by atoms with Crippen molar-refractivity contribution >= 4 is 28.5 Å². The second kappa shape index (κ2) is 6.83. The van der Waals surface area contributed by atoms with E-state index in [0.717, 1.165) is 29.0 Å². The van der Waals surface area contributed by atoms with Crippen molar-refractivity contribution in [3.8, 4) is 11.5 Å². The molecule has 0 bridgehead atoms. The van der Waals surface area contributed by atoms with Crippen LogP contribution in [-0.2, 0) is 11.2 Å². The van der Waals surface area contributed by atoms with Crippen molar-refractivity contribution in [1.82, 2.24) is 4.98 Å². The maximum atomic E-state index is 11.9. The summed E-state index contributed by atoms with van der Waals surface area (Å²) < 4.78 is 11.5. The summed E-state index contributed by atoms with van der Waals surface area (Å²) in [6.45, 7) is 4.55. The molecular formula is C17H18N2O3S. The highest BCUT2D eigenvalue weighted by atomic mass is 32.1. The van der Waals surface area contributed by atoms with Gasteiger partial charge in [-0.05, 0) is 32.1 Å². The SMILES string of the molecule is CCOc1cc2c(cc1/C=C/C(=O)Nc1nccs1)O[C@@H](C)C2. The maximum absolute atomic E-state index is 11.9. The first-order valence-corrected chi connectivity index (χ1v) is 8.38. The molecule has 1 aliphatic rings. The Bertz CT molecular complexity index is 726. The fourth-order valence-electron chi connectivity index (χ4n) is 2.46. The molecule has 0 aliphatic carbocycles. The van der Waals surface area contributed by atoms with E-state index in [2.05, 4.69) is 10.3 Å². The summed E-state index contributed by atoms with van der Waals surface area (Å²) in [5.41, 5.74) is 1.97. The van der Waals surface area contributed by atoms with Crippen LogP contribution < -0.4 is 14.8 Å². The lowest BCUT2D eigenvalue weighted by Crippen LogP contribution is -2.07. The van der Waals surface area contributed by atoms with Crippen LogP contribution in [0.25, 0.3) is 6.08 Å². The number of nitrogens with one attached hydrogen (secondary N) is 1. The van der Waals surface area contributed by atoms with Crippen molar-refractivity contribution in [2.24, 2.45) is 0 Å². The van der Waals surface area contributed by atoms with E-state index in [1.54, 1.807) is 12.3 Å². The number of carbonyl (C=O) groups excluding carboxylic acids is 1. The molecule has 0 saturated carbocycles. The highest BCUT2D eigenvalue weighted by molar-refractivity contribution is 7.13. The molecule has 0 unspecified atom stereocenters. The quantitative estimate of drug-likeness (QED) is 0.852. The van der Waals surface area contributed by atoms with Crippen LogP contribution in [0.4, 0.5) is 5.13 Å². The van der Waals surface area contributed by atoms with E-state index in [9.17, 15) is 4.79 Å². The molecule has 1 N–H and O–H groups in total. The van der Waals surface area contributed by atoms with Crippen molar-refractivity contribution < 1.29 is 14.3 Å². The van der Waals surface area contributed by atoms with Gasteiger partial charge >= 0.3 is 0 Å². The van der Waals surface area contributed by atoms with Gasteiger partial charge < -0.3 is 9.47 Å². The van der Waals surface area contributed by atoms with Gasteiger partial charge in [0.2, 0.25) is 5.91 Å². The molecule has 1 aromatic carbocycles. The van der Waals surface area contributed by atoms with Crippen molar-refractivity contribution in [3.05, 3.63) is 40.9 Å². The fraction of sp³-hybridized carbons (Fsp3) is 0.294. The van der Waals surface area contributed by atoms with Crippen molar-refractivity contribution in [1.29, 1.82) is 0 Å². The molecule has 1 amide bonds. The van der Waals surface area contributed by atoms with Crippen LogP contribution in [0.5, 0.6) is 11.5 Å². The van der Waals surface area contributed by atoms with Gasteiger partial charge in [-0.3, -0.25) is 10.1 Å². The summed E-state index contributed by atoms with van der Waals surface area (Å²) in [6.07, 6.45) is 5.91. The fourth-order valence-corrected chi connectivity index (χ4v) is 3.00. The van der Waals surface area contributed by atoms with Gasteiger partial charge in [0, 0.05) is 35.2 Å². The van der Waals surface area contributed by atoms with E-state index in [1.165, 1.54) is 17.4 Å². The molecule has 6 heteroatoms. The Morgan fingerprint density at radius 1 is 1.57 bits per heavy atom. The van der Waals surface area contributed by atoms with Crippen LogP contribution in [0.3, 0.4) is 0 Å². The van der Waals surface area contributed by atoms with Crippen LogP contribution in [-0.4, -0.2) is 23.6 Å². The van der Waals surface area contributed by atoms with Crippen LogP contribution in [0.2, 0.25) is 0 Å². The molecule has 2 heterocycles. The molecule has 0 fully saturated rings. The molecule has 1 atom stereocenters. The summed E-state index contributed by atoms with van der Waals surface area (Å²) in [7, 11) is 0. The summed E-state index contributed by atoms with van der Waals surface area (Å²) in [4.78, 5) is 16.0. The smallest absolute Gasteiger partial charge is 0.250 e. The number of hydrogen-bond donors (Lipinski definition) is 1. The van der Waals surface area contributed by atoms with Gasteiger partial charge in [-0.25, -0.2) is 4.98 Å². The number of fused-ring (bicyclic) bond motifs is 1. The number of anilines is 1. The Labute approximate surface area is 139 Å². The maximum Gasteiger partial charge on any atom is 0.250 e. The Morgan fingerprint density at radius 3 is 3.17 bits per heavy atom. The van der Waals surface area contributed by atoms with E-state index < -0.39 is 0 Å². The molecule has 3 rings (SSSR count). The highest BCUT2D eigenvalue weighted by Gasteiger charge is 2.21. The normalized spacial score (nSPS) is 16.2. The number of aromatic nitrogens is 1. The number of nitrogens with zero attached hydrogens (tertiary/aromatic N) is 1. The van der Waals surface area contributed by atoms with Crippen LogP contribution >= 0.6 is 11.3 Å². The topological polar surface area (TPSA) is 60.5 Å². The zero-order valence-electron chi connectivity index (χ0n) is 13.0. The number of hydrogen-bond acceptors (Lipinski definition) is 5. The molecule has 0 spiro atoms. The van der Waals surface area contributed by atoms with Gasteiger partial charge in [-0.1, -0.05) is 0 Å². The first-order valence-electron chi connectivity index (χ1n) is 7.50. The summed E-state index contributed by atoms with van der Waals surface area (Å²) >= 11 is 1.38. The summed E-state index contributed by atoms with van der Waals surface area (Å²) in [5.74, 6) is 1.40. The minimum atomic E-state index is -0.225. The predicted octanol–water partition coefficient (Wildman–Crippen LogP) is 3.52. The van der Waals surface area contributed by atoms with E-state index >= 15 is 0 Å². The molecule has 2 aromatic rings. The van der Waals surface area contributed by atoms with Gasteiger partial charge in [0.15, 0.2) is 5.13 Å². The first kappa shape index (κ1) is 15.6. The van der Waals surface area contributed by atoms with Crippen LogP contribution in [0, 0.1) is 0 Å². The third-order valence-electron chi connectivity index (χ3n) is 3.41. The average molecular weight is 330 g/mol. The molecule has 0 radical (unpaired) electrons. The molecule has 5 nitrogen and oxygen atoms in total. The van der Waals surface area contributed by atoms with Crippen molar-refractivity contribution in [3.63, 3.8) is 0 Å². The predicted molar refractivity (Wildman–Crippen MR) is 91.2 cm³/mol. The molecule has 1 aliphatic heterocycles. The Morgan fingerprint density at radius 2 is 2.43 bits per heavy atom. The molecule has 23 heavy (non-hydrogen) atoms. The summed E-state index contributed by atoms with van der Waals surface area (Å²) in [6, 6.07) is 3.93. The molecular weight excluding hydrogens is 312 g/mol. The molecule has 120 valence electrons.